The van der Waals surface area contributed by atoms with Crippen LogP contribution in [0.4, 0.5) is 40.3 Å². The summed E-state index contributed by atoms with van der Waals surface area (Å²) in [6.45, 7) is 0. The summed E-state index contributed by atoms with van der Waals surface area (Å²) in [5.74, 6) is -2.25. The molecule has 0 aliphatic heterocycles. The van der Waals surface area contributed by atoms with E-state index < -0.39 is 84.8 Å². The zero-order chi connectivity index (χ0) is 37.0. The molecule has 1 aliphatic carbocycles. The Morgan fingerprint density at radius 3 is 1.80 bits per heavy atom. The maximum absolute atomic E-state index is 13.7. The molecule has 1 aliphatic rings. The second-order valence-electron chi connectivity index (χ2n) is 10.6. The summed E-state index contributed by atoms with van der Waals surface area (Å²) in [6, 6.07) is 14.4. The molecule has 18 nitrogen and oxygen atoms in total. The number of anilines is 7. The van der Waals surface area contributed by atoms with Crippen molar-refractivity contribution in [3.05, 3.63) is 100 Å². The van der Waals surface area contributed by atoms with Gasteiger partial charge < -0.3 is 26.2 Å². The Labute approximate surface area is 368 Å². The van der Waals surface area contributed by atoms with E-state index in [4.69, 9.17) is 17.3 Å². The van der Waals surface area contributed by atoms with Crippen molar-refractivity contribution in [3.63, 3.8) is 0 Å². The van der Waals surface area contributed by atoms with Crippen LogP contribution in [0.25, 0.3) is 0 Å². The molecule has 0 saturated heterocycles. The van der Waals surface area contributed by atoms with E-state index >= 15 is 0 Å². The molecule has 25 heteroatoms. The third kappa shape index (κ3) is 9.52. The topological polar surface area (TPSA) is 301 Å². The molecule has 264 valence electrons. The van der Waals surface area contributed by atoms with Gasteiger partial charge in [0.1, 0.15) is 15.0 Å². The minimum atomic E-state index is -5.30. The van der Waals surface area contributed by atoms with Crippen LogP contribution in [0.5, 0.6) is 0 Å². The molecule has 0 spiro atoms. The van der Waals surface area contributed by atoms with Gasteiger partial charge in [0.15, 0.2) is 11.6 Å². The summed E-state index contributed by atoms with van der Waals surface area (Å²) >= 11 is 6.05. The number of aromatic nitrogens is 3. The van der Waals surface area contributed by atoms with Gasteiger partial charge in [-0.25, -0.2) is 8.42 Å². The molecule has 0 bridgehead atoms. The van der Waals surface area contributed by atoms with Crippen molar-refractivity contribution in [1.82, 2.24) is 15.0 Å². The van der Waals surface area contributed by atoms with Crippen LogP contribution in [-0.4, -0.2) is 125 Å². The van der Waals surface area contributed by atoms with Crippen LogP contribution in [0, 0.1) is 0 Å². The molecule has 2 radical (unpaired) electrons. The van der Waals surface area contributed by atoms with Crippen LogP contribution < -0.4 is 40.5 Å². The van der Waals surface area contributed by atoms with Gasteiger partial charge in [-0.05, 0) is 54.1 Å². The van der Waals surface area contributed by atoms with Gasteiger partial charge in [0.25, 0.3) is 20.2 Å². The van der Waals surface area contributed by atoms with Crippen LogP contribution in [0.1, 0.15) is 31.8 Å². The molecule has 0 atom stereocenters. The number of ketones is 2. The molecule has 1 aromatic heterocycles. The first-order valence-corrected chi connectivity index (χ1v) is 18.5. The van der Waals surface area contributed by atoms with E-state index in [1.807, 2.05) is 0 Å². The molecular formula is C29H19ClLiN7Na2O11S3. The van der Waals surface area contributed by atoms with E-state index in [1.54, 1.807) is 0 Å². The minimum Gasteiger partial charge on any atom is -0.744 e. The Bertz CT molecular complexity index is 2690. The van der Waals surface area contributed by atoms with Crippen molar-refractivity contribution in [3.8, 4) is 0 Å². The van der Waals surface area contributed by atoms with Crippen LogP contribution in [0.3, 0.4) is 0 Å². The maximum atomic E-state index is 13.7. The van der Waals surface area contributed by atoms with E-state index in [2.05, 4.69) is 30.9 Å². The zero-order valence-electron chi connectivity index (χ0n) is 28.0. The van der Waals surface area contributed by atoms with E-state index in [9.17, 15) is 48.5 Å². The van der Waals surface area contributed by atoms with Crippen molar-refractivity contribution in [2.45, 2.75) is 14.7 Å². The Hall–Kier alpha value is -2.95. The number of nitrogens with two attached hydrogens (primary N) is 1. The number of rotatable bonds is 9. The number of carbonyl (C=O) groups is 2. The van der Waals surface area contributed by atoms with Crippen molar-refractivity contribution in [1.29, 1.82) is 0 Å². The molecule has 0 unspecified atom stereocenters. The molecule has 1 heterocycles. The van der Waals surface area contributed by atoms with Crippen LogP contribution in [0.15, 0.2) is 87.5 Å². The van der Waals surface area contributed by atoms with E-state index in [-0.39, 0.29) is 118 Å². The molecular weight excluding hydrogens is 807 g/mol. The van der Waals surface area contributed by atoms with Gasteiger partial charge in [-0.3, -0.25) is 18.7 Å². The average Bonchev–Trinajstić information content (AvgIpc) is 3.02. The van der Waals surface area contributed by atoms with Crippen LogP contribution in [-0.2, 0) is 30.4 Å². The second kappa shape index (κ2) is 17.0. The van der Waals surface area contributed by atoms with Gasteiger partial charge in [0.05, 0.1) is 38.0 Å². The molecule has 5 aromatic rings. The van der Waals surface area contributed by atoms with E-state index in [0.717, 1.165) is 36.4 Å². The van der Waals surface area contributed by atoms with Crippen LogP contribution >= 0.6 is 11.6 Å². The predicted molar refractivity (Wildman–Crippen MR) is 191 cm³/mol. The van der Waals surface area contributed by atoms with Gasteiger partial charge >= 0.3 is 18.9 Å². The Morgan fingerprint density at radius 2 is 1.22 bits per heavy atom. The number of hydrogen-bond donors (Lipinski definition) is 6. The molecule has 4 aromatic carbocycles. The molecule has 0 amide bonds. The van der Waals surface area contributed by atoms with Gasteiger partial charge in [0, 0.05) is 81.6 Å². The standard InChI is InChI=1S/C29H20ClN7O11S3.Li.2Na/c30-27-35-28(33-13-4-3-5-15(10-13)49(40,41)42)37-29(36-27)34-18-11-14(8-9-20(18)50(43,44)45)32-19-12-21(51(46,47)48)24(31)23-22(19)25(38)16-6-1-2-7-17(16)26(23)39;;;/h1-12,32H,31H2,(H,40,41,42)(H,43,44,45)(H,46,47,48)(H2,33,34,35,36,37);;;/q;+1;;/p-1. The third-order valence-corrected chi connectivity index (χ3v) is 10.1. The number of nitrogen functional groups attached to an aromatic ring is 1. The maximum Gasteiger partial charge on any atom is 1.00 e. The monoisotopic (exact) mass is 825 g/mol. The minimum absolute atomic E-state index is 0. The number of hydrogen-bond acceptors (Lipinski definition) is 16. The van der Waals surface area contributed by atoms with Crippen molar-refractivity contribution in [2.24, 2.45) is 0 Å². The molecule has 6 rings (SSSR count). The van der Waals surface area contributed by atoms with Crippen molar-refractivity contribution in [2.75, 3.05) is 21.7 Å². The summed E-state index contributed by atoms with van der Waals surface area (Å²) in [4.78, 5) is 36.7. The fraction of sp³-hybridized carbons (Fsp3) is 0. The first kappa shape index (κ1) is 45.4. The smallest absolute Gasteiger partial charge is 0.744 e. The fourth-order valence-corrected chi connectivity index (χ4v) is 7.08. The molecule has 7 N–H and O–H groups in total. The largest absolute Gasteiger partial charge is 1.00 e. The summed E-state index contributed by atoms with van der Waals surface area (Å²) in [7, 11) is -14.8. The predicted octanol–water partition coefficient (Wildman–Crippen LogP) is -0.247. The zero-order valence-corrected chi connectivity index (χ0v) is 35.2. The average molecular weight is 826 g/mol. The summed E-state index contributed by atoms with van der Waals surface area (Å²) in [5, 5.41) is 7.49. The fourth-order valence-electron chi connectivity index (χ4n) is 5.13. The Morgan fingerprint density at radius 1 is 0.648 bits per heavy atom. The second-order valence-corrected chi connectivity index (χ2v) is 15.1. The number of carbonyl (C=O) groups excluding carboxylic acids is 2. The quantitative estimate of drug-likeness (QED) is 0.0622. The van der Waals surface area contributed by atoms with Gasteiger partial charge in [-0.2, -0.15) is 31.8 Å². The number of nitrogens with zero attached hydrogens (tertiary/aromatic N) is 3. The SMILES string of the molecule is Nc1c(S(=O)(=O)[O-])cc(Nc2ccc(S(=O)(=O)O)c(Nc3nc(Cl)nc(Nc4cccc(S(=O)(=O)O)c4)n3)c2)c2c1C(=O)c1ccccc1C2=O.[Li+].[Na].[Na]. The number of nitrogens with one attached hydrogen (secondary N) is 3. The number of halogens is 1. The summed E-state index contributed by atoms with van der Waals surface area (Å²) < 4.78 is 104. The van der Waals surface area contributed by atoms with Gasteiger partial charge in [-0.1, -0.05) is 30.3 Å². The van der Waals surface area contributed by atoms with Crippen molar-refractivity contribution < 1.29 is 67.4 Å². The Kier molecular flexibility index (Phi) is 14.3. The van der Waals surface area contributed by atoms with E-state index in [0.29, 0.717) is 0 Å². The first-order chi connectivity index (χ1) is 23.8. The number of benzene rings is 4. The van der Waals surface area contributed by atoms with Crippen LogP contribution in [0.2, 0.25) is 5.28 Å². The molecule has 0 saturated carbocycles. The molecule has 0 fully saturated rings. The Balaban J connectivity index is 0.00000261. The van der Waals surface area contributed by atoms with Gasteiger partial charge in [-0.15, -0.1) is 0 Å². The normalized spacial score (nSPS) is 12.2. The first-order valence-electron chi connectivity index (χ1n) is 13.8. The van der Waals surface area contributed by atoms with E-state index in [1.165, 1.54) is 36.4 Å². The number of fused-ring (bicyclic) bond motifs is 2. The van der Waals surface area contributed by atoms with Gasteiger partial charge in [0.2, 0.25) is 17.2 Å². The summed E-state index contributed by atoms with van der Waals surface area (Å²) in [5.41, 5.74) is 3.50. The van der Waals surface area contributed by atoms with Crippen molar-refractivity contribution >= 4 is 153 Å². The third-order valence-electron chi connectivity index (χ3n) is 7.25. The molecule has 54 heavy (non-hydrogen) atoms. The summed E-state index contributed by atoms with van der Waals surface area (Å²) in [6.07, 6.45) is 0.